The summed E-state index contributed by atoms with van der Waals surface area (Å²) in [6.45, 7) is 7.97. The Morgan fingerprint density at radius 1 is 1.20 bits per heavy atom. The Kier molecular flexibility index (Phi) is 9.35. The molecule has 56 valence electrons. The number of nitrogens with zero attached hydrogens (tertiary/aromatic N) is 1. The molecule has 10 heavy (non-hydrogen) atoms. The molecule has 0 aliphatic carbocycles. The first kappa shape index (κ1) is 11.7. The topological polar surface area (TPSA) is 12.4 Å². The molecular weight excluding hydrogens is 122 g/mol. The number of rotatable bonds is 1. The molecule has 0 amide bonds. The van der Waals surface area contributed by atoms with Gasteiger partial charge in [-0.1, -0.05) is 6.08 Å². The molecule has 0 atom stereocenters. The minimum atomic E-state index is 1.09. The highest BCUT2D eigenvalue weighted by Crippen LogP contribution is 1.92. The van der Waals surface area contributed by atoms with Crippen LogP contribution in [0.15, 0.2) is 16.8 Å². The van der Waals surface area contributed by atoms with Crippen molar-refractivity contribution < 1.29 is 0 Å². The Hall–Kier alpha value is -1.03. The lowest BCUT2D eigenvalue weighted by Gasteiger charge is -1.88. The van der Waals surface area contributed by atoms with Gasteiger partial charge in [0.1, 0.15) is 0 Å². The Bertz CT molecular complexity index is 145. The molecule has 0 aliphatic heterocycles. The SMILES string of the molecule is C#C.C/C=C(/C)N=C(C)C. The van der Waals surface area contributed by atoms with Crippen LogP contribution in [0.5, 0.6) is 0 Å². The fraction of sp³-hybridized carbons (Fsp3) is 0.444. The maximum absolute atomic E-state index is 4.17. The summed E-state index contributed by atoms with van der Waals surface area (Å²) in [4.78, 5) is 4.17. The van der Waals surface area contributed by atoms with Crippen molar-refractivity contribution in [2.24, 2.45) is 4.99 Å². The van der Waals surface area contributed by atoms with Gasteiger partial charge >= 0.3 is 0 Å². The van der Waals surface area contributed by atoms with Gasteiger partial charge in [0, 0.05) is 11.4 Å². The van der Waals surface area contributed by atoms with Crippen LogP contribution in [0.2, 0.25) is 0 Å². The minimum Gasteiger partial charge on any atom is -0.263 e. The van der Waals surface area contributed by atoms with Crippen molar-refractivity contribution in [1.82, 2.24) is 0 Å². The predicted molar refractivity (Wildman–Crippen MR) is 48.1 cm³/mol. The van der Waals surface area contributed by atoms with E-state index in [1.165, 1.54) is 0 Å². The lowest BCUT2D eigenvalue weighted by atomic mass is 10.4. The summed E-state index contributed by atoms with van der Waals surface area (Å²) < 4.78 is 0. The molecule has 0 aromatic rings. The van der Waals surface area contributed by atoms with Gasteiger partial charge in [-0.25, -0.2) is 0 Å². The zero-order valence-electron chi connectivity index (χ0n) is 7.18. The zero-order valence-corrected chi connectivity index (χ0v) is 7.18. The van der Waals surface area contributed by atoms with E-state index in [1.54, 1.807) is 0 Å². The molecule has 0 radical (unpaired) electrons. The standard InChI is InChI=1S/C7H13N.C2H2/c1-5-7(4)8-6(2)3;1-2/h5H,1-4H3;1-2H/b7-5-;. The molecule has 1 nitrogen and oxygen atoms in total. The third-order valence-electron chi connectivity index (χ3n) is 0.818. The highest BCUT2D eigenvalue weighted by molar-refractivity contribution is 5.80. The van der Waals surface area contributed by atoms with E-state index in [4.69, 9.17) is 0 Å². The summed E-state index contributed by atoms with van der Waals surface area (Å²) in [6, 6.07) is 0. The largest absolute Gasteiger partial charge is 0.263 e. The highest BCUT2D eigenvalue weighted by atomic mass is 14.7. The Morgan fingerprint density at radius 3 is 1.70 bits per heavy atom. The van der Waals surface area contributed by atoms with E-state index in [2.05, 4.69) is 17.8 Å². The van der Waals surface area contributed by atoms with Crippen molar-refractivity contribution in [3.63, 3.8) is 0 Å². The zero-order chi connectivity index (χ0) is 8.57. The fourth-order valence-corrected chi connectivity index (χ4v) is 0.417. The van der Waals surface area contributed by atoms with Crippen molar-refractivity contribution in [2.75, 3.05) is 0 Å². The van der Waals surface area contributed by atoms with Crippen LogP contribution in [0.25, 0.3) is 0 Å². The van der Waals surface area contributed by atoms with Gasteiger partial charge in [-0.05, 0) is 27.7 Å². The Balaban J connectivity index is 0. The van der Waals surface area contributed by atoms with E-state index >= 15 is 0 Å². The molecule has 0 aromatic heterocycles. The first-order valence-corrected chi connectivity index (χ1v) is 3.15. The minimum absolute atomic E-state index is 1.09. The van der Waals surface area contributed by atoms with Gasteiger partial charge in [-0.3, -0.25) is 4.99 Å². The van der Waals surface area contributed by atoms with Crippen molar-refractivity contribution in [1.29, 1.82) is 0 Å². The van der Waals surface area contributed by atoms with Crippen LogP contribution >= 0.6 is 0 Å². The summed E-state index contributed by atoms with van der Waals surface area (Å²) in [5.74, 6) is 0. The van der Waals surface area contributed by atoms with Crippen LogP contribution < -0.4 is 0 Å². The molecule has 0 saturated carbocycles. The molecule has 0 fully saturated rings. The first-order chi connectivity index (χ1) is 4.66. The van der Waals surface area contributed by atoms with E-state index in [0.29, 0.717) is 0 Å². The molecular formula is C9H15N. The van der Waals surface area contributed by atoms with Gasteiger partial charge in [0.25, 0.3) is 0 Å². The maximum atomic E-state index is 4.17. The molecule has 0 rings (SSSR count). The number of aliphatic imine (C=N–C) groups is 1. The fourth-order valence-electron chi connectivity index (χ4n) is 0.417. The summed E-state index contributed by atoms with van der Waals surface area (Å²) in [7, 11) is 0. The summed E-state index contributed by atoms with van der Waals surface area (Å²) in [5, 5.41) is 0. The number of terminal acetylenes is 1. The third kappa shape index (κ3) is 10.1. The van der Waals surface area contributed by atoms with Crippen LogP contribution in [0, 0.1) is 12.8 Å². The van der Waals surface area contributed by atoms with Crippen LogP contribution in [0.4, 0.5) is 0 Å². The molecule has 0 aromatic carbocycles. The monoisotopic (exact) mass is 137 g/mol. The van der Waals surface area contributed by atoms with Gasteiger partial charge in [0.2, 0.25) is 0 Å². The van der Waals surface area contributed by atoms with E-state index in [-0.39, 0.29) is 0 Å². The number of hydrogen-bond acceptors (Lipinski definition) is 1. The van der Waals surface area contributed by atoms with E-state index < -0.39 is 0 Å². The second-order valence-electron chi connectivity index (χ2n) is 1.99. The van der Waals surface area contributed by atoms with Gasteiger partial charge < -0.3 is 0 Å². The summed E-state index contributed by atoms with van der Waals surface area (Å²) in [5.41, 5.74) is 2.20. The van der Waals surface area contributed by atoms with Gasteiger partial charge in [0.05, 0.1) is 0 Å². The Labute approximate surface area is 63.9 Å². The average Bonchev–Trinajstić information content (AvgIpc) is 1.91. The smallest absolute Gasteiger partial charge is 0.0329 e. The van der Waals surface area contributed by atoms with E-state index in [1.807, 2.05) is 33.8 Å². The summed E-state index contributed by atoms with van der Waals surface area (Å²) in [6.07, 6.45) is 9.99. The van der Waals surface area contributed by atoms with Crippen LogP contribution in [-0.2, 0) is 0 Å². The number of allylic oxidation sites excluding steroid dienone is 2. The lowest BCUT2D eigenvalue weighted by molar-refractivity contribution is 1.27. The molecule has 0 heterocycles. The lowest BCUT2D eigenvalue weighted by Crippen LogP contribution is -1.79. The van der Waals surface area contributed by atoms with Crippen LogP contribution in [0.1, 0.15) is 27.7 Å². The molecule has 0 spiro atoms. The molecule has 0 N–H and O–H groups in total. The quantitative estimate of drug-likeness (QED) is 0.389. The van der Waals surface area contributed by atoms with Gasteiger partial charge in [-0.15, -0.1) is 12.8 Å². The van der Waals surface area contributed by atoms with Crippen LogP contribution in [0.3, 0.4) is 0 Å². The molecule has 0 unspecified atom stereocenters. The van der Waals surface area contributed by atoms with Crippen molar-refractivity contribution in [3.05, 3.63) is 11.8 Å². The van der Waals surface area contributed by atoms with E-state index in [9.17, 15) is 0 Å². The predicted octanol–water partition coefficient (Wildman–Crippen LogP) is 2.64. The van der Waals surface area contributed by atoms with Gasteiger partial charge in [0.15, 0.2) is 0 Å². The third-order valence-corrected chi connectivity index (χ3v) is 0.818. The van der Waals surface area contributed by atoms with Crippen molar-refractivity contribution >= 4 is 5.71 Å². The first-order valence-electron chi connectivity index (χ1n) is 3.15. The second kappa shape index (κ2) is 7.97. The maximum Gasteiger partial charge on any atom is 0.0329 e. The summed E-state index contributed by atoms with van der Waals surface area (Å²) >= 11 is 0. The van der Waals surface area contributed by atoms with Gasteiger partial charge in [-0.2, -0.15) is 0 Å². The average molecular weight is 137 g/mol. The molecule has 0 bridgehead atoms. The molecule has 0 saturated heterocycles. The second-order valence-corrected chi connectivity index (χ2v) is 1.99. The van der Waals surface area contributed by atoms with Crippen LogP contribution in [-0.4, -0.2) is 5.71 Å². The van der Waals surface area contributed by atoms with E-state index in [0.717, 1.165) is 11.4 Å². The molecule has 0 aliphatic rings. The normalized spacial score (nSPS) is 9.20. The van der Waals surface area contributed by atoms with Crippen molar-refractivity contribution in [2.45, 2.75) is 27.7 Å². The Morgan fingerprint density at radius 2 is 1.60 bits per heavy atom. The molecule has 1 heteroatoms. The highest BCUT2D eigenvalue weighted by Gasteiger charge is 1.78. The number of hydrogen-bond donors (Lipinski definition) is 0. The van der Waals surface area contributed by atoms with Crippen molar-refractivity contribution in [3.8, 4) is 12.8 Å².